The van der Waals surface area contributed by atoms with Crippen LogP contribution in [0.15, 0.2) is 78.9 Å². The van der Waals surface area contributed by atoms with E-state index in [9.17, 15) is 27.6 Å². The summed E-state index contributed by atoms with van der Waals surface area (Å²) >= 11 is 0. The molecule has 37 heavy (non-hydrogen) atoms. The average molecular weight is 503 g/mol. The number of anilines is 1. The van der Waals surface area contributed by atoms with E-state index in [4.69, 9.17) is 4.74 Å². The van der Waals surface area contributed by atoms with Crippen molar-refractivity contribution in [2.24, 2.45) is 5.41 Å². The minimum Gasteiger partial charge on any atom is -0.467 e. The number of carbonyl (C=O) groups excluding carboxylic acids is 3. The molecular weight excluding hydrogens is 483 g/mol. The largest absolute Gasteiger partial charge is 0.467 e. The van der Waals surface area contributed by atoms with E-state index in [2.05, 4.69) is 0 Å². The second-order valence-corrected chi connectivity index (χ2v) is 9.41. The average Bonchev–Trinajstić information content (AvgIpc) is 3.34. The zero-order valence-electron chi connectivity index (χ0n) is 19.5. The summed E-state index contributed by atoms with van der Waals surface area (Å²) in [5, 5.41) is 0. The Balaban J connectivity index is 1.65. The number of hydrogen-bond acceptors (Lipinski definition) is 5. The minimum absolute atomic E-state index is 0.238. The number of esters is 1. The number of carbonyl (C=O) groups is 3. The third kappa shape index (κ3) is 3.01. The zero-order chi connectivity index (χ0) is 26.1. The molecule has 3 atom stereocenters. The van der Waals surface area contributed by atoms with Crippen LogP contribution < -0.4 is 4.90 Å². The van der Waals surface area contributed by atoms with Crippen molar-refractivity contribution in [2.75, 3.05) is 12.0 Å². The molecule has 3 aliphatic rings. The monoisotopic (exact) mass is 503 g/mol. The van der Waals surface area contributed by atoms with E-state index in [1.54, 1.807) is 47.4 Å². The first-order valence-electron chi connectivity index (χ1n) is 11.7. The molecular formula is C29H20F3NO4. The van der Waals surface area contributed by atoms with Crippen LogP contribution in [0.3, 0.4) is 0 Å². The molecule has 0 N–H and O–H groups in total. The molecule has 186 valence electrons. The van der Waals surface area contributed by atoms with E-state index in [-0.39, 0.29) is 16.7 Å². The van der Waals surface area contributed by atoms with Crippen LogP contribution in [0.4, 0.5) is 18.9 Å². The number of Topliss-reactive ketones (excluding diaryl/α,β-unsaturated/α-hetero) is 2. The van der Waals surface area contributed by atoms with Crippen molar-refractivity contribution in [1.82, 2.24) is 0 Å². The van der Waals surface area contributed by atoms with Crippen molar-refractivity contribution in [2.45, 2.75) is 24.2 Å². The molecule has 1 aliphatic carbocycles. The smallest absolute Gasteiger partial charge is 0.416 e. The Morgan fingerprint density at radius 2 is 1.49 bits per heavy atom. The molecule has 1 fully saturated rings. The van der Waals surface area contributed by atoms with Crippen molar-refractivity contribution < 1.29 is 32.3 Å². The number of hydrogen-bond donors (Lipinski definition) is 0. The van der Waals surface area contributed by atoms with Gasteiger partial charge < -0.3 is 9.64 Å². The molecule has 0 aromatic heterocycles. The molecule has 8 heteroatoms. The summed E-state index contributed by atoms with van der Waals surface area (Å²) in [7, 11) is 1.21. The standard InChI is InChI=1S/C29H20F3NO4/c1-37-27(36)24-23(17-10-13-18(14-11-17)29(30,31)32)28(25(34)19-7-3-4-8-20(19)26(28)35)22-15-12-16-6-2-5-9-21(16)33(22)24/h2-15,22-24H,1H3/t22-,23+,24-/m0/s1. The molecule has 0 unspecified atom stereocenters. The van der Waals surface area contributed by atoms with Gasteiger partial charge in [-0.05, 0) is 29.3 Å². The lowest BCUT2D eigenvalue weighted by atomic mass is 9.64. The summed E-state index contributed by atoms with van der Waals surface area (Å²) in [5.74, 6) is -2.70. The Bertz CT molecular complexity index is 1460. The molecule has 2 heterocycles. The number of ketones is 2. The fourth-order valence-electron chi connectivity index (χ4n) is 6.26. The summed E-state index contributed by atoms with van der Waals surface area (Å²) in [6, 6.07) is 16.1. The summed E-state index contributed by atoms with van der Waals surface area (Å²) in [6.45, 7) is 0. The Hall–Kier alpha value is -4.20. The SMILES string of the molecule is COC(=O)[C@@H]1[C@@H](c2ccc(C(F)(F)F)cc2)C2(C(=O)c3ccccc3C2=O)[C@@H]2C=Cc3ccccc3N12. The molecule has 1 spiro atoms. The number of methoxy groups -OCH3 is 1. The number of halogens is 3. The van der Waals surface area contributed by atoms with Crippen LogP contribution in [-0.2, 0) is 15.7 Å². The lowest BCUT2D eigenvalue weighted by Crippen LogP contribution is -2.48. The van der Waals surface area contributed by atoms with Crippen LogP contribution >= 0.6 is 0 Å². The normalized spacial score (nSPS) is 23.1. The Morgan fingerprint density at radius 3 is 2.08 bits per heavy atom. The summed E-state index contributed by atoms with van der Waals surface area (Å²) < 4.78 is 45.3. The highest BCUT2D eigenvalue weighted by atomic mass is 19.4. The van der Waals surface area contributed by atoms with Crippen molar-refractivity contribution in [3.05, 3.63) is 107 Å². The number of fused-ring (bicyclic) bond motifs is 5. The van der Waals surface area contributed by atoms with E-state index >= 15 is 0 Å². The second-order valence-electron chi connectivity index (χ2n) is 9.41. The predicted octanol–water partition coefficient (Wildman–Crippen LogP) is 5.31. The van der Waals surface area contributed by atoms with Gasteiger partial charge in [0.2, 0.25) is 0 Å². The second kappa shape index (κ2) is 7.90. The molecule has 5 nitrogen and oxygen atoms in total. The van der Waals surface area contributed by atoms with Crippen molar-refractivity contribution in [3.63, 3.8) is 0 Å². The molecule has 0 bridgehead atoms. The van der Waals surface area contributed by atoms with Gasteiger partial charge in [-0.15, -0.1) is 0 Å². The molecule has 0 radical (unpaired) electrons. The Morgan fingerprint density at radius 1 is 0.892 bits per heavy atom. The van der Waals surface area contributed by atoms with Crippen molar-refractivity contribution in [1.29, 1.82) is 0 Å². The summed E-state index contributed by atoms with van der Waals surface area (Å²) in [4.78, 5) is 43.7. The topological polar surface area (TPSA) is 63.7 Å². The quantitative estimate of drug-likeness (QED) is 0.350. The highest BCUT2D eigenvalue weighted by Gasteiger charge is 2.72. The van der Waals surface area contributed by atoms with Gasteiger partial charge in [0.05, 0.1) is 18.7 Å². The summed E-state index contributed by atoms with van der Waals surface area (Å²) in [6.07, 6.45) is -1.02. The number of alkyl halides is 3. The fraction of sp³-hybridized carbons (Fsp3) is 0.207. The maximum absolute atomic E-state index is 14.3. The van der Waals surface area contributed by atoms with Gasteiger partial charge in [0.25, 0.3) is 0 Å². The van der Waals surface area contributed by atoms with E-state index in [1.165, 1.54) is 19.2 Å². The van der Waals surface area contributed by atoms with E-state index in [0.29, 0.717) is 5.69 Å². The van der Waals surface area contributed by atoms with Gasteiger partial charge in [-0.3, -0.25) is 9.59 Å². The number of rotatable bonds is 2. The third-order valence-electron chi connectivity index (χ3n) is 7.75. The first-order valence-corrected chi connectivity index (χ1v) is 11.7. The van der Waals surface area contributed by atoms with Crippen molar-refractivity contribution in [3.8, 4) is 0 Å². The minimum atomic E-state index is -4.57. The molecule has 1 saturated heterocycles. The fourth-order valence-corrected chi connectivity index (χ4v) is 6.26. The highest BCUT2D eigenvalue weighted by Crippen LogP contribution is 2.60. The first kappa shape index (κ1) is 23.2. The van der Waals surface area contributed by atoms with Gasteiger partial charge in [-0.2, -0.15) is 13.2 Å². The number of ether oxygens (including phenoxy) is 1. The Kier molecular flexibility index (Phi) is 4.96. The maximum atomic E-state index is 14.3. The lowest BCUT2D eigenvalue weighted by Gasteiger charge is -2.36. The predicted molar refractivity (Wildman–Crippen MR) is 129 cm³/mol. The maximum Gasteiger partial charge on any atom is 0.416 e. The van der Waals surface area contributed by atoms with Gasteiger partial charge in [0.1, 0.15) is 11.5 Å². The van der Waals surface area contributed by atoms with Gasteiger partial charge in [-0.1, -0.05) is 66.7 Å². The molecule has 0 saturated carbocycles. The van der Waals surface area contributed by atoms with Gasteiger partial charge in [-0.25, -0.2) is 4.79 Å². The van der Waals surface area contributed by atoms with Crippen LogP contribution in [0, 0.1) is 5.41 Å². The number of benzene rings is 3. The summed E-state index contributed by atoms with van der Waals surface area (Å²) in [5.41, 5.74) is -0.468. The highest BCUT2D eigenvalue weighted by molar-refractivity contribution is 6.32. The van der Waals surface area contributed by atoms with Crippen LogP contribution in [-0.4, -0.2) is 36.7 Å². The third-order valence-corrected chi connectivity index (χ3v) is 7.75. The zero-order valence-corrected chi connectivity index (χ0v) is 19.5. The lowest BCUT2D eigenvalue weighted by molar-refractivity contribution is -0.142. The van der Waals surface area contributed by atoms with Crippen LogP contribution in [0.2, 0.25) is 0 Å². The molecule has 0 amide bonds. The first-order chi connectivity index (χ1) is 17.7. The molecule has 6 rings (SSSR count). The van der Waals surface area contributed by atoms with E-state index in [1.807, 2.05) is 18.2 Å². The number of para-hydroxylation sites is 1. The number of nitrogens with zero attached hydrogens (tertiary/aromatic N) is 1. The molecule has 3 aromatic rings. The van der Waals surface area contributed by atoms with Gasteiger partial charge in [0, 0.05) is 22.7 Å². The van der Waals surface area contributed by atoms with Gasteiger partial charge in [0.15, 0.2) is 11.6 Å². The van der Waals surface area contributed by atoms with E-state index in [0.717, 1.165) is 17.7 Å². The van der Waals surface area contributed by atoms with Gasteiger partial charge >= 0.3 is 12.1 Å². The molecule has 2 aliphatic heterocycles. The molecule has 3 aromatic carbocycles. The van der Waals surface area contributed by atoms with Crippen molar-refractivity contribution >= 4 is 29.3 Å². The van der Waals surface area contributed by atoms with Crippen LogP contribution in [0.5, 0.6) is 0 Å². The van der Waals surface area contributed by atoms with Crippen LogP contribution in [0.1, 0.15) is 43.3 Å². The van der Waals surface area contributed by atoms with E-state index < -0.39 is 52.7 Å². The van der Waals surface area contributed by atoms with Crippen LogP contribution in [0.25, 0.3) is 6.08 Å². The Labute approximate surface area is 210 Å².